The van der Waals surface area contributed by atoms with Gasteiger partial charge in [-0.05, 0) is 24.6 Å². The van der Waals surface area contributed by atoms with Crippen molar-refractivity contribution in [2.75, 3.05) is 12.4 Å². The maximum atomic E-state index is 12.9. The normalized spacial score (nSPS) is 18.1. The molecule has 0 unspecified atom stereocenters. The lowest BCUT2D eigenvalue weighted by molar-refractivity contribution is 0.519. The van der Waals surface area contributed by atoms with E-state index in [-0.39, 0.29) is 23.4 Å². The third-order valence-electron chi connectivity index (χ3n) is 3.84. The Bertz CT molecular complexity index is 817. The van der Waals surface area contributed by atoms with Gasteiger partial charge in [-0.25, -0.2) is 8.42 Å². The van der Waals surface area contributed by atoms with Crippen molar-refractivity contribution < 1.29 is 8.42 Å². The number of benzene rings is 2. The molecule has 2 aromatic carbocycles. The Hall–Kier alpha value is -1.85. The Morgan fingerprint density at radius 1 is 1.13 bits per heavy atom. The van der Waals surface area contributed by atoms with E-state index < -0.39 is 10.0 Å². The highest BCUT2D eigenvalue weighted by atomic mass is 35.5. The molecule has 2 aromatic rings. The number of hydrogen-bond donors (Lipinski definition) is 0. The van der Waals surface area contributed by atoms with Gasteiger partial charge in [0.25, 0.3) is 10.0 Å². The van der Waals surface area contributed by atoms with E-state index in [2.05, 4.69) is 4.99 Å². The van der Waals surface area contributed by atoms with E-state index in [1.54, 1.807) is 24.3 Å². The molecule has 0 amide bonds. The standard InChI is InChI=1S/C17H17ClN2O2S/c1-13-7-9-15(10-8-13)23(21,22)20-12-16(19-17(20)11-18)14-5-3-2-4-6-14/h2-10,16H,11-12H2,1H3/t16-/m1/s1. The van der Waals surface area contributed by atoms with Crippen LogP contribution < -0.4 is 0 Å². The van der Waals surface area contributed by atoms with Gasteiger partial charge in [-0.2, -0.15) is 0 Å². The highest BCUT2D eigenvalue weighted by Crippen LogP contribution is 2.29. The van der Waals surface area contributed by atoms with Crippen LogP contribution in [0.1, 0.15) is 17.2 Å². The van der Waals surface area contributed by atoms with Gasteiger partial charge in [-0.3, -0.25) is 9.30 Å². The lowest BCUT2D eigenvalue weighted by Gasteiger charge is -2.20. The van der Waals surface area contributed by atoms with Crippen LogP contribution in [0, 0.1) is 6.92 Å². The van der Waals surface area contributed by atoms with Gasteiger partial charge < -0.3 is 0 Å². The van der Waals surface area contributed by atoms with E-state index >= 15 is 0 Å². The number of aliphatic imine (C=N–C) groups is 1. The van der Waals surface area contributed by atoms with Crippen LogP contribution in [-0.4, -0.2) is 31.0 Å². The summed E-state index contributed by atoms with van der Waals surface area (Å²) >= 11 is 5.94. The average molecular weight is 349 g/mol. The van der Waals surface area contributed by atoms with Crippen LogP contribution in [0.5, 0.6) is 0 Å². The topological polar surface area (TPSA) is 49.7 Å². The fraction of sp³-hybridized carbons (Fsp3) is 0.235. The monoisotopic (exact) mass is 348 g/mol. The van der Waals surface area contributed by atoms with Gasteiger partial charge in [0.1, 0.15) is 5.84 Å². The second-order valence-electron chi connectivity index (χ2n) is 5.45. The van der Waals surface area contributed by atoms with Crippen molar-refractivity contribution in [3.8, 4) is 0 Å². The van der Waals surface area contributed by atoms with Crippen LogP contribution in [0.4, 0.5) is 0 Å². The van der Waals surface area contributed by atoms with Crippen molar-refractivity contribution in [3.05, 3.63) is 65.7 Å². The Labute approximate surface area is 141 Å². The summed E-state index contributed by atoms with van der Waals surface area (Å²) in [4.78, 5) is 4.76. The Balaban J connectivity index is 1.94. The van der Waals surface area contributed by atoms with Crippen molar-refractivity contribution in [2.45, 2.75) is 17.9 Å². The van der Waals surface area contributed by atoms with Gasteiger partial charge in [0, 0.05) is 0 Å². The molecule has 120 valence electrons. The molecule has 0 aliphatic carbocycles. The zero-order valence-corrected chi connectivity index (χ0v) is 14.3. The first-order valence-corrected chi connectivity index (χ1v) is 9.27. The molecule has 0 radical (unpaired) electrons. The number of nitrogens with zero attached hydrogens (tertiary/aromatic N) is 2. The molecule has 6 heteroatoms. The fourth-order valence-corrected chi connectivity index (χ4v) is 4.32. The van der Waals surface area contributed by atoms with Crippen LogP contribution in [0.3, 0.4) is 0 Å². The molecule has 0 bridgehead atoms. The highest BCUT2D eigenvalue weighted by Gasteiger charge is 2.35. The maximum absolute atomic E-state index is 12.9. The zero-order chi connectivity index (χ0) is 16.4. The van der Waals surface area contributed by atoms with Gasteiger partial charge >= 0.3 is 0 Å². The minimum atomic E-state index is -3.64. The van der Waals surface area contributed by atoms with Crippen molar-refractivity contribution in [1.29, 1.82) is 0 Å². The predicted octanol–water partition coefficient (Wildman–Crippen LogP) is 3.38. The number of aryl methyl sites for hydroxylation is 1. The lowest BCUT2D eigenvalue weighted by Crippen LogP contribution is -2.35. The molecule has 0 fully saturated rings. The smallest absolute Gasteiger partial charge is 0.260 e. The molecule has 23 heavy (non-hydrogen) atoms. The number of alkyl halides is 1. The third-order valence-corrected chi connectivity index (χ3v) is 5.89. The van der Waals surface area contributed by atoms with Gasteiger partial charge in [0.05, 0.1) is 23.4 Å². The molecule has 1 aliphatic heterocycles. The second-order valence-corrected chi connectivity index (χ2v) is 7.58. The zero-order valence-electron chi connectivity index (χ0n) is 12.7. The Morgan fingerprint density at radius 3 is 2.39 bits per heavy atom. The summed E-state index contributed by atoms with van der Waals surface area (Å²) in [6.07, 6.45) is 0. The van der Waals surface area contributed by atoms with Crippen molar-refractivity contribution in [2.24, 2.45) is 4.99 Å². The van der Waals surface area contributed by atoms with Gasteiger partial charge in [-0.1, -0.05) is 48.0 Å². The number of sulfonamides is 1. The van der Waals surface area contributed by atoms with Crippen molar-refractivity contribution >= 4 is 27.5 Å². The Morgan fingerprint density at radius 2 is 1.78 bits per heavy atom. The van der Waals surface area contributed by atoms with Crippen LogP contribution in [0.25, 0.3) is 0 Å². The van der Waals surface area contributed by atoms with E-state index in [9.17, 15) is 8.42 Å². The van der Waals surface area contributed by atoms with Crippen LogP contribution >= 0.6 is 11.6 Å². The van der Waals surface area contributed by atoms with Crippen LogP contribution in [0.15, 0.2) is 64.5 Å². The SMILES string of the molecule is Cc1ccc(S(=O)(=O)N2C[C@H](c3ccccc3)N=C2CCl)cc1. The van der Waals surface area contributed by atoms with E-state index in [1.807, 2.05) is 37.3 Å². The number of rotatable bonds is 4. The first-order chi connectivity index (χ1) is 11.0. The molecule has 0 saturated carbocycles. The number of halogens is 1. The highest BCUT2D eigenvalue weighted by molar-refractivity contribution is 7.89. The Kier molecular flexibility index (Phi) is 4.41. The van der Waals surface area contributed by atoms with E-state index in [0.717, 1.165) is 11.1 Å². The van der Waals surface area contributed by atoms with Crippen LogP contribution in [0.2, 0.25) is 0 Å². The van der Waals surface area contributed by atoms with Crippen LogP contribution in [-0.2, 0) is 10.0 Å². The molecule has 1 aliphatic rings. The van der Waals surface area contributed by atoms with E-state index in [4.69, 9.17) is 11.6 Å². The molecule has 1 heterocycles. The van der Waals surface area contributed by atoms with Gasteiger partial charge in [0.2, 0.25) is 0 Å². The minimum absolute atomic E-state index is 0.0639. The third kappa shape index (κ3) is 3.12. The first-order valence-electron chi connectivity index (χ1n) is 7.29. The quantitative estimate of drug-likeness (QED) is 0.795. The lowest BCUT2D eigenvalue weighted by atomic mass is 10.1. The minimum Gasteiger partial charge on any atom is -0.260 e. The predicted molar refractivity (Wildman–Crippen MR) is 92.4 cm³/mol. The summed E-state index contributed by atoms with van der Waals surface area (Å²) in [6.45, 7) is 2.20. The summed E-state index contributed by atoms with van der Waals surface area (Å²) in [5.41, 5.74) is 2.00. The molecule has 4 nitrogen and oxygen atoms in total. The fourth-order valence-electron chi connectivity index (χ4n) is 2.58. The molecule has 0 N–H and O–H groups in total. The largest absolute Gasteiger partial charge is 0.265 e. The summed E-state index contributed by atoms with van der Waals surface area (Å²) in [5.74, 6) is 0.454. The number of amidine groups is 1. The molecule has 3 rings (SSSR count). The van der Waals surface area contributed by atoms with E-state index in [1.165, 1.54) is 4.31 Å². The van der Waals surface area contributed by atoms with Crippen molar-refractivity contribution in [1.82, 2.24) is 4.31 Å². The van der Waals surface area contributed by atoms with Crippen molar-refractivity contribution in [3.63, 3.8) is 0 Å². The molecular formula is C17H17ClN2O2S. The summed E-state index contributed by atoms with van der Waals surface area (Å²) in [6, 6.07) is 16.2. The molecule has 1 atom stereocenters. The van der Waals surface area contributed by atoms with E-state index in [0.29, 0.717) is 5.84 Å². The molecule has 0 saturated heterocycles. The first kappa shape index (κ1) is 16.0. The summed E-state index contributed by atoms with van der Waals surface area (Å²) in [7, 11) is -3.64. The van der Waals surface area contributed by atoms with Gasteiger partial charge in [-0.15, -0.1) is 11.6 Å². The second kappa shape index (κ2) is 6.34. The summed E-state index contributed by atoms with van der Waals surface area (Å²) < 4.78 is 27.1. The maximum Gasteiger partial charge on any atom is 0.265 e. The number of hydrogen-bond acceptors (Lipinski definition) is 3. The molecule has 0 spiro atoms. The summed E-state index contributed by atoms with van der Waals surface area (Å²) in [5, 5.41) is 0. The average Bonchev–Trinajstić information content (AvgIpc) is 3.01. The van der Waals surface area contributed by atoms with Gasteiger partial charge in [0.15, 0.2) is 0 Å². The molecule has 0 aromatic heterocycles. The molecular weight excluding hydrogens is 332 g/mol.